The van der Waals surface area contributed by atoms with Crippen LogP contribution in [0, 0.1) is 0 Å². The maximum absolute atomic E-state index is 11.8. The largest absolute Gasteiger partial charge is 0.350 e. The van der Waals surface area contributed by atoms with Crippen molar-refractivity contribution in [1.82, 2.24) is 15.5 Å². The van der Waals surface area contributed by atoms with Gasteiger partial charge in [0, 0.05) is 26.2 Å². The standard InChI is InChI=1S/C16H26N4O.HI/c1-16(2,3)19-14(21)11-18-15(17-4)20(5)12-13-9-7-6-8-10-13;/h6-10H,11-12H2,1-5H3,(H,17,18)(H,19,21);1H. The lowest BCUT2D eigenvalue weighted by molar-refractivity contribution is -0.121. The van der Waals surface area contributed by atoms with Crippen LogP contribution in [0.1, 0.15) is 26.3 Å². The summed E-state index contributed by atoms with van der Waals surface area (Å²) < 4.78 is 0. The van der Waals surface area contributed by atoms with E-state index < -0.39 is 0 Å². The molecule has 0 bridgehead atoms. The van der Waals surface area contributed by atoms with Crippen molar-refractivity contribution in [2.24, 2.45) is 4.99 Å². The number of hydrogen-bond donors (Lipinski definition) is 2. The van der Waals surface area contributed by atoms with Gasteiger partial charge >= 0.3 is 0 Å². The Labute approximate surface area is 150 Å². The van der Waals surface area contributed by atoms with E-state index in [0.29, 0.717) is 5.96 Å². The first-order chi connectivity index (χ1) is 9.81. The van der Waals surface area contributed by atoms with Crippen LogP contribution in [0.2, 0.25) is 0 Å². The molecule has 1 aromatic carbocycles. The third-order valence-corrected chi connectivity index (χ3v) is 2.76. The maximum Gasteiger partial charge on any atom is 0.239 e. The zero-order valence-corrected chi connectivity index (χ0v) is 16.3. The summed E-state index contributed by atoms with van der Waals surface area (Å²) in [5.74, 6) is 0.652. The number of aliphatic imine (C=N–C) groups is 1. The number of nitrogens with one attached hydrogen (secondary N) is 2. The van der Waals surface area contributed by atoms with Gasteiger partial charge in [0.25, 0.3) is 0 Å². The Morgan fingerprint density at radius 2 is 1.82 bits per heavy atom. The van der Waals surface area contributed by atoms with Gasteiger partial charge in [0.1, 0.15) is 0 Å². The zero-order valence-electron chi connectivity index (χ0n) is 14.0. The van der Waals surface area contributed by atoms with Gasteiger partial charge in [0.05, 0.1) is 6.54 Å². The highest BCUT2D eigenvalue weighted by atomic mass is 127. The topological polar surface area (TPSA) is 56.7 Å². The molecular weight excluding hydrogens is 391 g/mol. The minimum Gasteiger partial charge on any atom is -0.350 e. The van der Waals surface area contributed by atoms with E-state index in [1.807, 2.05) is 50.9 Å². The number of benzene rings is 1. The molecule has 0 aliphatic carbocycles. The van der Waals surface area contributed by atoms with Crippen molar-refractivity contribution in [3.8, 4) is 0 Å². The lowest BCUT2D eigenvalue weighted by atomic mass is 10.1. The van der Waals surface area contributed by atoms with E-state index >= 15 is 0 Å². The van der Waals surface area contributed by atoms with Crippen molar-refractivity contribution in [3.05, 3.63) is 35.9 Å². The highest BCUT2D eigenvalue weighted by molar-refractivity contribution is 14.0. The monoisotopic (exact) mass is 418 g/mol. The van der Waals surface area contributed by atoms with Crippen molar-refractivity contribution in [3.63, 3.8) is 0 Å². The molecule has 0 unspecified atom stereocenters. The molecule has 6 heteroatoms. The van der Waals surface area contributed by atoms with Crippen LogP contribution in [0.5, 0.6) is 0 Å². The normalized spacial score (nSPS) is 11.4. The Bertz CT molecular complexity index is 483. The minimum atomic E-state index is -0.224. The van der Waals surface area contributed by atoms with Gasteiger partial charge in [-0.05, 0) is 26.3 Å². The Balaban J connectivity index is 0.00000441. The predicted octanol–water partition coefficient (Wildman–Crippen LogP) is 2.23. The third kappa shape index (κ3) is 8.21. The molecule has 0 fully saturated rings. The van der Waals surface area contributed by atoms with Crippen molar-refractivity contribution in [1.29, 1.82) is 0 Å². The van der Waals surface area contributed by atoms with Crippen molar-refractivity contribution in [2.45, 2.75) is 32.9 Å². The second-order valence-electron chi connectivity index (χ2n) is 6.04. The first-order valence-electron chi connectivity index (χ1n) is 7.08. The molecule has 0 heterocycles. The molecule has 0 saturated heterocycles. The van der Waals surface area contributed by atoms with Crippen LogP contribution in [-0.4, -0.2) is 42.9 Å². The van der Waals surface area contributed by atoms with Crippen LogP contribution in [0.3, 0.4) is 0 Å². The Kier molecular flexibility index (Phi) is 9.08. The van der Waals surface area contributed by atoms with Crippen molar-refractivity contribution >= 4 is 35.8 Å². The van der Waals surface area contributed by atoms with Gasteiger partial charge in [0.2, 0.25) is 5.91 Å². The molecular formula is C16H27IN4O. The number of hydrogen-bond acceptors (Lipinski definition) is 2. The molecule has 124 valence electrons. The quantitative estimate of drug-likeness (QED) is 0.448. The van der Waals surface area contributed by atoms with E-state index in [0.717, 1.165) is 6.54 Å². The molecule has 1 rings (SSSR count). The van der Waals surface area contributed by atoms with Gasteiger partial charge in [0.15, 0.2) is 5.96 Å². The van der Waals surface area contributed by atoms with E-state index in [2.05, 4.69) is 27.8 Å². The second kappa shape index (κ2) is 9.66. The van der Waals surface area contributed by atoms with Crippen LogP contribution in [0.4, 0.5) is 0 Å². The van der Waals surface area contributed by atoms with E-state index in [4.69, 9.17) is 0 Å². The van der Waals surface area contributed by atoms with Gasteiger partial charge in [-0.15, -0.1) is 24.0 Å². The highest BCUT2D eigenvalue weighted by Gasteiger charge is 2.14. The van der Waals surface area contributed by atoms with Crippen LogP contribution in [-0.2, 0) is 11.3 Å². The summed E-state index contributed by atoms with van der Waals surface area (Å²) >= 11 is 0. The first kappa shape index (κ1) is 20.7. The van der Waals surface area contributed by atoms with E-state index in [9.17, 15) is 4.79 Å². The number of carbonyl (C=O) groups excluding carboxylic acids is 1. The predicted molar refractivity (Wildman–Crippen MR) is 103 cm³/mol. The lowest BCUT2D eigenvalue weighted by Gasteiger charge is -2.24. The Morgan fingerprint density at radius 1 is 1.23 bits per heavy atom. The summed E-state index contributed by atoms with van der Waals surface area (Å²) in [5.41, 5.74) is 0.972. The summed E-state index contributed by atoms with van der Waals surface area (Å²) in [6, 6.07) is 10.1. The molecule has 0 atom stereocenters. The Morgan fingerprint density at radius 3 is 2.32 bits per heavy atom. The SMILES string of the molecule is CN=C(NCC(=O)NC(C)(C)C)N(C)Cc1ccccc1.I. The number of nitrogens with zero attached hydrogens (tertiary/aromatic N) is 2. The van der Waals surface area contributed by atoms with E-state index in [1.54, 1.807) is 7.05 Å². The van der Waals surface area contributed by atoms with Gasteiger partial charge < -0.3 is 15.5 Å². The fourth-order valence-electron chi connectivity index (χ4n) is 1.94. The third-order valence-electron chi connectivity index (χ3n) is 2.76. The fourth-order valence-corrected chi connectivity index (χ4v) is 1.94. The van der Waals surface area contributed by atoms with Crippen LogP contribution in [0.25, 0.3) is 0 Å². The number of halogens is 1. The molecule has 2 N–H and O–H groups in total. The first-order valence-corrected chi connectivity index (χ1v) is 7.08. The maximum atomic E-state index is 11.8. The summed E-state index contributed by atoms with van der Waals surface area (Å²) in [4.78, 5) is 18.0. The zero-order chi connectivity index (χ0) is 15.9. The van der Waals surface area contributed by atoms with Crippen LogP contribution >= 0.6 is 24.0 Å². The molecule has 1 aromatic rings. The van der Waals surface area contributed by atoms with Gasteiger partial charge in [-0.2, -0.15) is 0 Å². The van der Waals surface area contributed by atoms with Gasteiger partial charge in [-0.1, -0.05) is 30.3 Å². The summed E-state index contributed by atoms with van der Waals surface area (Å²) in [6.07, 6.45) is 0. The molecule has 0 aliphatic heterocycles. The Hall–Kier alpha value is -1.31. The van der Waals surface area contributed by atoms with Gasteiger partial charge in [-0.25, -0.2) is 0 Å². The second-order valence-corrected chi connectivity index (χ2v) is 6.04. The number of guanidine groups is 1. The lowest BCUT2D eigenvalue weighted by Crippen LogP contribution is -2.48. The summed E-state index contributed by atoms with van der Waals surface area (Å²) in [7, 11) is 3.66. The van der Waals surface area contributed by atoms with E-state index in [1.165, 1.54) is 5.56 Å². The average molecular weight is 418 g/mol. The summed E-state index contributed by atoms with van der Waals surface area (Å²) in [6.45, 7) is 6.83. The minimum absolute atomic E-state index is 0. The van der Waals surface area contributed by atoms with Gasteiger partial charge in [-0.3, -0.25) is 9.79 Å². The molecule has 0 aliphatic rings. The van der Waals surface area contributed by atoms with E-state index in [-0.39, 0.29) is 42.0 Å². The van der Waals surface area contributed by atoms with Crippen LogP contribution in [0.15, 0.2) is 35.3 Å². The molecule has 1 amide bonds. The summed E-state index contributed by atoms with van der Waals surface area (Å²) in [5, 5.41) is 5.99. The number of carbonyl (C=O) groups is 1. The average Bonchev–Trinajstić information content (AvgIpc) is 2.38. The number of rotatable bonds is 4. The highest BCUT2D eigenvalue weighted by Crippen LogP contribution is 2.02. The molecule has 0 aromatic heterocycles. The van der Waals surface area contributed by atoms with Crippen molar-refractivity contribution in [2.75, 3.05) is 20.6 Å². The number of amides is 1. The fraction of sp³-hybridized carbons (Fsp3) is 0.500. The molecule has 5 nitrogen and oxygen atoms in total. The molecule has 0 saturated carbocycles. The molecule has 0 radical (unpaired) electrons. The van der Waals surface area contributed by atoms with Crippen LogP contribution < -0.4 is 10.6 Å². The molecule has 22 heavy (non-hydrogen) atoms. The van der Waals surface area contributed by atoms with Crippen molar-refractivity contribution < 1.29 is 4.79 Å². The molecule has 0 spiro atoms. The smallest absolute Gasteiger partial charge is 0.239 e.